The Labute approximate surface area is 83.7 Å². The van der Waals surface area contributed by atoms with E-state index in [9.17, 15) is 0 Å². The van der Waals surface area contributed by atoms with Crippen molar-refractivity contribution in [1.29, 1.82) is 0 Å². The van der Waals surface area contributed by atoms with Gasteiger partial charge in [0.25, 0.3) is 0 Å². The van der Waals surface area contributed by atoms with E-state index in [1.807, 2.05) is 6.08 Å². The first kappa shape index (κ1) is 12.5. The molecule has 0 nitrogen and oxygen atoms in total. The largest absolute Gasteiger partial charge is 0.103 e. The summed E-state index contributed by atoms with van der Waals surface area (Å²) in [6.45, 7) is 12.8. The Morgan fingerprint density at radius 2 is 1.77 bits per heavy atom. The Morgan fingerprint density at radius 3 is 2.23 bits per heavy atom. The Bertz CT molecular complexity index is 157. The number of rotatable bonds is 5. The fourth-order valence-electron chi connectivity index (χ4n) is 1.15. The van der Waals surface area contributed by atoms with Gasteiger partial charge in [-0.3, -0.25) is 0 Å². The smallest absolute Gasteiger partial charge is 0.0302 e. The van der Waals surface area contributed by atoms with Gasteiger partial charge in [-0.2, -0.15) is 0 Å². The van der Waals surface area contributed by atoms with Gasteiger partial charge in [0.1, 0.15) is 0 Å². The molecular formula is C13H24. The summed E-state index contributed by atoms with van der Waals surface area (Å²) in [6, 6.07) is 0. The zero-order chi connectivity index (χ0) is 10.3. The van der Waals surface area contributed by atoms with Crippen LogP contribution in [0.1, 0.15) is 47.0 Å². The minimum absolute atomic E-state index is 0.429. The molecule has 0 aliphatic heterocycles. The van der Waals surface area contributed by atoms with Crippen LogP contribution >= 0.6 is 0 Å². The van der Waals surface area contributed by atoms with E-state index in [1.54, 1.807) is 0 Å². The van der Waals surface area contributed by atoms with E-state index in [0.29, 0.717) is 5.41 Å². The molecule has 0 saturated heterocycles. The lowest BCUT2D eigenvalue weighted by molar-refractivity contribution is 0.419. The van der Waals surface area contributed by atoms with Gasteiger partial charge >= 0.3 is 0 Å². The van der Waals surface area contributed by atoms with E-state index < -0.39 is 0 Å². The fraction of sp³-hybridized carbons (Fsp3) is 0.692. The maximum atomic E-state index is 3.74. The molecule has 0 aliphatic rings. The second kappa shape index (κ2) is 6.01. The second-order valence-corrected chi connectivity index (χ2v) is 5.10. The standard InChI is InChI=1S/C13H24/c1-6-9-12(2)10-7-8-11-13(3,4)5/h6-8,12H,1,9-11H2,2-5H3. The summed E-state index contributed by atoms with van der Waals surface area (Å²) < 4.78 is 0. The minimum atomic E-state index is 0.429. The molecule has 0 heteroatoms. The molecule has 0 aromatic carbocycles. The molecular weight excluding hydrogens is 156 g/mol. The van der Waals surface area contributed by atoms with Crippen molar-refractivity contribution in [2.45, 2.75) is 47.0 Å². The van der Waals surface area contributed by atoms with Crippen LogP contribution in [0, 0.1) is 11.3 Å². The van der Waals surface area contributed by atoms with E-state index in [4.69, 9.17) is 0 Å². The highest BCUT2D eigenvalue weighted by Gasteiger charge is 2.06. The lowest BCUT2D eigenvalue weighted by atomic mass is 9.91. The molecule has 0 spiro atoms. The number of allylic oxidation sites excluding steroid dienone is 3. The van der Waals surface area contributed by atoms with E-state index in [1.165, 1.54) is 12.8 Å². The molecule has 0 amide bonds. The van der Waals surface area contributed by atoms with Crippen LogP contribution in [0.15, 0.2) is 24.8 Å². The fourth-order valence-corrected chi connectivity index (χ4v) is 1.15. The van der Waals surface area contributed by atoms with Crippen molar-refractivity contribution in [1.82, 2.24) is 0 Å². The molecule has 0 bridgehead atoms. The van der Waals surface area contributed by atoms with Crippen molar-refractivity contribution in [2.75, 3.05) is 0 Å². The molecule has 0 aromatic rings. The van der Waals surface area contributed by atoms with Crippen molar-refractivity contribution in [2.24, 2.45) is 11.3 Å². The van der Waals surface area contributed by atoms with E-state index in [-0.39, 0.29) is 0 Å². The minimum Gasteiger partial charge on any atom is -0.103 e. The van der Waals surface area contributed by atoms with Gasteiger partial charge in [-0.05, 0) is 30.6 Å². The van der Waals surface area contributed by atoms with Crippen LogP contribution in [0.25, 0.3) is 0 Å². The predicted molar refractivity (Wildman–Crippen MR) is 61.8 cm³/mol. The van der Waals surface area contributed by atoms with Gasteiger partial charge in [0, 0.05) is 0 Å². The summed E-state index contributed by atoms with van der Waals surface area (Å²) in [4.78, 5) is 0. The average molecular weight is 180 g/mol. The van der Waals surface area contributed by atoms with Gasteiger partial charge in [0.05, 0.1) is 0 Å². The molecule has 13 heavy (non-hydrogen) atoms. The van der Waals surface area contributed by atoms with Crippen molar-refractivity contribution in [3.05, 3.63) is 24.8 Å². The van der Waals surface area contributed by atoms with Gasteiger partial charge < -0.3 is 0 Å². The highest BCUT2D eigenvalue weighted by atomic mass is 14.1. The highest BCUT2D eigenvalue weighted by Crippen LogP contribution is 2.19. The van der Waals surface area contributed by atoms with Crippen LogP contribution in [0.5, 0.6) is 0 Å². The molecule has 0 N–H and O–H groups in total. The van der Waals surface area contributed by atoms with E-state index in [2.05, 4.69) is 46.4 Å². The van der Waals surface area contributed by atoms with Gasteiger partial charge in [0.2, 0.25) is 0 Å². The third-order valence-corrected chi connectivity index (χ3v) is 2.00. The number of hydrogen-bond acceptors (Lipinski definition) is 0. The van der Waals surface area contributed by atoms with E-state index in [0.717, 1.165) is 12.3 Å². The quantitative estimate of drug-likeness (QED) is 0.543. The Hall–Kier alpha value is -0.520. The van der Waals surface area contributed by atoms with E-state index >= 15 is 0 Å². The summed E-state index contributed by atoms with van der Waals surface area (Å²) in [5.74, 6) is 0.744. The van der Waals surface area contributed by atoms with Gasteiger partial charge in [0.15, 0.2) is 0 Å². The lowest BCUT2D eigenvalue weighted by Gasteiger charge is -2.14. The van der Waals surface area contributed by atoms with Crippen LogP contribution in [0.3, 0.4) is 0 Å². The van der Waals surface area contributed by atoms with Crippen LogP contribution in [-0.2, 0) is 0 Å². The average Bonchev–Trinajstić information content (AvgIpc) is 1.97. The molecule has 0 heterocycles. The second-order valence-electron chi connectivity index (χ2n) is 5.10. The molecule has 0 aromatic heterocycles. The Balaban J connectivity index is 3.57. The summed E-state index contributed by atoms with van der Waals surface area (Å²) in [5.41, 5.74) is 0.429. The zero-order valence-corrected chi connectivity index (χ0v) is 9.64. The highest BCUT2D eigenvalue weighted by molar-refractivity contribution is 4.88. The monoisotopic (exact) mass is 180 g/mol. The van der Waals surface area contributed by atoms with Crippen molar-refractivity contribution in [3.8, 4) is 0 Å². The summed E-state index contributed by atoms with van der Waals surface area (Å²) in [6.07, 6.45) is 10.1. The first-order valence-electron chi connectivity index (χ1n) is 5.21. The van der Waals surface area contributed by atoms with Crippen molar-refractivity contribution >= 4 is 0 Å². The SMILES string of the molecule is C=CCC(C)CC=CCC(C)(C)C. The first-order valence-corrected chi connectivity index (χ1v) is 5.21. The first-order chi connectivity index (χ1) is 5.95. The topological polar surface area (TPSA) is 0 Å². The molecule has 0 rings (SSSR count). The summed E-state index contributed by atoms with van der Waals surface area (Å²) in [7, 11) is 0. The maximum absolute atomic E-state index is 3.74. The van der Waals surface area contributed by atoms with Crippen LogP contribution in [0.2, 0.25) is 0 Å². The van der Waals surface area contributed by atoms with Gasteiger partial charge in [-0.15, -0.1) is 6.58 Å². The van der Waals surface area contributed by atoms with Crippen molar-refractivity contribution < 1.29 is 0 Å². The Kier molecular flexibility index (Phi) is 5.77. The molecule has 76 valence electrons. The van der Waals surface area contributed by atoms with Crippen LogP contribution in [0.4, 0.5) is 0 Å². The van der Waals surface area contributed by atoms with Gasteiger partial charge in [-0.1, -0.05) is 45.9 Å². The third-order valence-electron chi connectivity index (χ3n) is 2.00. The summed E-state index contributed by atoms with van der Waals surface area (Å²) in [5, 5.41) is 0. The number of hydrogen-bond donors (Lipinski definition) is 0. The van der Waals surface area contributed by atoms with Crippen LogP contribution in [-0.4, -0.2) is 0 Å². The molecule has 0 aliphatic carbocycles. The van der Waals surface area contributed by atoms with Crippen LogP contribution < -0.4 is 0 Å². The molecule has 1 unspecified atom stereocenters. The van der Waals surface area contributed by atoms with Gasteiger partial charge in [-0.25, -0.2) is 0 Å². The van der Waals surface area contributed by atoms with Crippen molar-refractivity contribution in [3.63, 3.8) is 0 Å². The lowest BCUT2D eigenvalue weighted by Crippen LogP contribution is -2.01. The molecule has 0 radical (unpaired) electrons. The zero-order valence-electron chi connectivity index (χ0n) is 9.64. The molecule has 0 saturated carbocycles. The Morgan fingerprint density at radius 1 is 1.15 bits per heavy atom. The predicted octanol–water partition coefficient (Wildman–Crippen LogP) is 4.58. The molecule has 0 fully saturated rings. The maximum Gasteiger partial charge on any atom is -0.0302 e. The normalized spacial score (nSPS) is 14.8. The third kappa shape index (κ3) is 9.39. The molecule has 1 atom stereocenters. The summed E-state index contributed by atoms with van der Waals surface area (Å²) >= 11 is 0.